The predicted octanol–water partition coefficient (Wildman–Crippen LogP) is 13.1. The third kappa shape index (κ3) is 5.77. The predicted molar refractivity (Wildman–Crippen MR) is 252 cm³/mol. The maximum Gasteiger partial charge on any atom is 0.156 e. The second kappa shape index (κ2) is 13.6. The molecule has 0 aliphatic heterocycles. The summed E-state index contributed by atoms with van der Waals surface area (Å²) in [5.74, 6) is 1.27. The van der Waals surface area contributed by atoms with E-state index in [1.807, 2.05) is 6.07 Å². The standard InChI is InChI=1S/C58H50N2O/c1-57(2)48-19-10-8-17-42(48)46-32-51-47(33-50(46)57)45-30-40(26-28-49(45)58(51,3)4)39-16-12-15-38(29-39)35-21-23-36(24-22-35)52-34-53(60-56(59-52)37-13-6-5-7-14-37)41-25-27-44-43-18-9-11-20-54(43)61-55(44)31-41/h5-6,8-13,15-21,23-24,27,29-35,41H,7,14,22,25-26,28H2,1-4H3. The number of fused-ring (bicyclic) bond motifs is 8. The van der Waals surface area contributed by atoms with Crippen LogP contribution >= 0.6 is 0 Å². The number of furan rings is 1. The Morgan fingerprint density at radius 3 is 2.39 bits per heavy atom. The Labute approximate surface area is 358 Å². The highest BCUT2D eigenvalue weighted by atomic mass is 16.3. The summed E-state index contributed by atoms with van der Waals surface area (Å²) in [5.41, 5.74) is 22.2. The van der Waals surface area contributed by atoms with E-state index in [9.17, 15) is 0 Å². The maximum atomic E-state index is 6.33. The average molecular weight is 791 g/mol. The van der Waals surface area contributed by atoms with E-state index in [1.165, 1.54) is 77.4 Å². The highest BCUT2D eigenvalue weighted by molar-refractivity contribution is 5.96. The van der Waals surface area contributed by atoms with Gasteiger partial charge in [0.25, 0.3) is 0 Å². The van der Waals surface area contributed by atoms with Crippen molar-refractivity contribution >= 4 is 45.4 Å². The van der Waals surface area contributed by atoms with Crippen LogP contribution in [0.4, 0.5) is 0 Å². The van der Waals surface area contributed by atoms with Gasteiger partial charge < -0.3 is 4.42 Å². The number of nitrogens with zero attached hydrogens (tertiary/aromatic N) is 2. The SMILES string of the molecule is CC1(C)C2=C(C=C(c3cccc(C4C=CC(c5cc(C6C=c7oc8ccccc8c7=CC6)nc(C6=CC=CCC6)n5)=CC4)c3)CC2)c2cc3c(cc21)-c1ccccc1C3(C)C. The fourth-order valence-corrected chi connectivity index (χ4v) is 11.4. The minimum absolute atomic E-state index is 0.0120. The lowest BCUT2D eigenvalue weighted by Crippen LogP contribution is -2.25. The van der Waals surface area contributed by atoms with E-state index < -0.39 is 0 Å². The van der Waals surface area contributed by atoms with Crippen LogP contribution < -0.4 is 10.6 Å². The van der Waals surface area contributed by atoms with E-state index in [0.717, 1.165) is 66.7 Å². The lowest BCUT2D eigenvalue weighted by Gasteiger charge is -2.27. The topological polar surface area (TPSA) is 38.9 Å². The Bertz CT molecular complexity index is 3210. The van der Waals surface area contributed by atoms with Gasteiger partial charge in [0.05, 0.1) is 11.4 Å². The molecule has 2 atom stereocenters. The van der Waals surface area contributed by atoms with Crippen LogP contribution in [0.5, 0.6) is 0 Å². The molecule has 6 aliphatic carbocycles. The summed E-state index contributed by atoms with van der Waals surface area (Å²) in [6, 6.07) is 34.0. The van der Waals surface area contributed by atoms with Crippen LogP contribution in [0, 0.1) is 0 Å². The quantitative estimate of drug-likeness (QED) is 0.175. The second-order valence-electron chi connectivity index (χ2n) is 19.0. The van der Waals surface area contributed by atoms with Crippen molar-refractivity contribution in [3.8, 4) is 11.1 Å². The van der Waals surface area contributed by atoms with Crippen LogP contribution in [0.15, 0.2) is 144 Å². The Kier molecular flexibility index (Phi) is 8.14. The monoisotopic (exact) mass is 790 g/mol. The zero-order valence-corrected chi connectivity index (χ0v) is 35.6. The molecular formula is C58H50N2O. The van der Waals surface area contributed by atoms with Gasteiger partial charge in [-0.05, 0) is 136 Å². The minimum Gasteiger partial charge on any atom is -0.456 e. The summed E-state index contributed by atoms with van der Waals surface area (Å²) in [7, 11) is 0. The van der Waals surface area contributed by atoms with Gasteiger partial charge in [-0.3, -0.25) is 0 Å². The van der Waals surface area contributed by atoms with Crippen molar-refractivity contribution in [2.75, 3.05) is 0 Å². The normalized spacial score (nSPS) is 21.3. The Morgan fingerprint density at radius 2 is 1.52 bits per heavy atom. The highest BCUT2D eigenvalue weighted by Gasteiger charge is 2.43. The molecule has 6 aromatic rings. The van der Waals surface area contributed by atoms with Gasteiger partial charge in [-0.1, -0.05) is 149 Å². The number of allylic oxidation sites excluding steroid dienone is 12. The molecule has 2 unspecified atom stereocenters. The summed E-state index contributed by atoms with van der Waals surface area (Å²) in [5, 5.41) is 2.37. The summed E-state index contributed by atoms with van der Waals surface area (Å²) >= 11 is 0. The first kappa shape index (κ1) is 36.5. The third-order valence-corrected chi connectivity index (χ3v) is 14.8. The number of aromatic nitrogens is 2. The van der Waals surface area contributed by atoms with Gasteiger partial charge in [-0.2, -0.15) is 0 Å². The molecule has 4 aromatic carbocycles. The van der Waals surface area contributed by atoms with Crippen LogP contribution in [0.1, 0.15) is 129 Å². The van der Waals surface area contributed by atoms with Crippen molar-refractivity contribution in [1.29, 1.82) is 0 Å². The Morgan fingerprint density at radius 1 is 0.689 bits per heavy atom. The fraction of sp³-hybridized carbons (Fsp3) is 0.241. The molecule has 0 amide bonds. The Balaban J connectivity index is 0.840. The van der Waals surface area contributed by atoms with Crippen molar-refractivity contribution in [3.63, 3.8) is 0 Å². The molecule has 2 heterocycles. The van der Waals surface area contributed by atoms with Crippen molar-refractivity contribution < 1.29 is 4.42 Å². The minimum atomic E-state index is -0.0120. The second-order valence-corrected chi connectivity index (χ2v) is 19.0. The van der Waals surface area contributed by atoms with Crippen LogP contribution in [-0.4, -0.2) is 9.97 Å². The van der Waals surface area contributed by atoms with Crippen LogP contribution in [0.2, 0.25) is 0 Å². The third-order valence-electron chi connectivity index (χ3n) is 14.8. The van der Waals surface area contributed by atoms with E-state index in [-0.39, 0.29) is 16.7 Å². The number of hydrogen-bond donors (Lipinski definition) is 0. The first-order valence-corrected chi connectivity index (χ1v) is 22.4. The molecule has 12 rings (SSSR count). The van der Waals surface area contributed by atoms with Gasteiger partial charge in [-0.25, -0.2) is 9.97 Å². The average Bonchev–Trinajstić information content (AvgIpc) is 3.87. The van der Waals surface area contributed by atoms with Gasteiger partial charge in [0, 0.05) is 33.3 Å². The van der Waals surface area contributed by atoms with E-state index in [4.69, 9.17) is 14.4 Å². The smallest absolute Gasteiger partial charge is 0.156 e. The van der Waals surface area contributed by atoms with Crippen LogP contribution in [-0.2, 0) is 10.8 Å². The van der Waals surface area contributed by atoms with Gasteiger partial charge in [0.15, 0.2) is 5.82 Å². The van der Waals surface area contributed by atoms with Crippen LogP contribution in [0.25, 0.3) is 56.5 Å². The summed E-state index contributed by atoms with van der Waals surface area (Å²) < 4.78 is 6.33. The molecule has 61 heavy (non-hydrogen) atoms. The van der Waals surface area contributed by atoms with Gasteiger partial charge in [0.2, 0.25) is 0 Å². The maximum absolute atomic E-state index is 6.33. The first-order valence-electron chi connectivity index (χ1n) is 22.4. The molecule has 0 bridgehead atoms. The fourth-order valence-electron chi connectivity index (χ4n) is 11.4. The molecule has 0 saturated carbocycles. The molecule has 3 heteroatoms. The molecule has 3 nitrogen and oxygen atoms in total. The van der Waals surface area contributed by atoms with Gasteiger partial charge >= 0.3 is 0 Å². The van der Waals surface area contributed by atoms with E-state index >= 15 is 0 Å². The molecule has 0 saturated heterocycles. The largest absolute Gasteiger partial charge is 0.456 e. The zero-order chi connectivity index (χ0) is 41.0. The number of hydrogen-bond acceptors (Lipinski definition) is 3. The van der Waals surface area contributed by atoms with E-state index in [1.54, 1.807) is 5.57 Å². The van der Waals surface area contributed by atoms with E-state index in [0.29, 0.717) is 5.92 Å². The number of para-hydroxylation sites is 1. The summed E-state index contributed by atoms with van der Waals surface area (Å²) in [6.07, 6.45) is 26.7. The van der Waals surface area contributed by atoms with Crippen molar-refractivity contribution in [2.45, 2.75) is 88.9 Å². The van der Waals surface area contributed by atoms with Gasteiger partial charge in [0.1, 0.15) is 11.0 Å². The molecule has 0 spiro atoms. The van der Waals surface area contributed by atoms with E-state index in [2.05, 4.69) is 167 Å². The lowest BCUT2D eigenvalue weighted by molar-refractivity contribution is 0.568. The van der Waals surface area contributed by atoms with Crippen molar-refractivity contribution in [3.05, 3.63) is 200 Å². The highest BCUT2D eigenvalue weighted by Crippen LogP contribution is 2.57. The van der Waals surface area contributed by atoms with Crippen molar-refractivity contribution in [1.82, 2.24) is 9.97 Å². The number of benzene rings is 4. The molecule has 0 N–H and O–H groups in total. The molecule has 298 valence electrons. The molecule has 6 aliphatic rings. The molecule has 2 aromatic heterocycles. The molecular weight excluding hydrogens is 741 g/mol. The van der Waals surface area contributed by atoms with Crippen molar-refractivity contribution in [2.24, 2.45) is 0 Å². The molecule has 0 fully saturated rings. The number of rotatable bonds is 5. The van der Waals surface area contributed by atoms with Gasteiger partial charge in [-0.15, -0.1) is 0 Å². The first-order chi connectivity index (χ1) is 29.7. The zero-order valence-electron chi connectivity index (χ0n) is 35.6. The molecule has 0 radical (unpaired) electrons. The lowest BCUT2D eigenvalue weighted by atomic mass is 9.76. The van der Waals surface area contributed by atoms with Crippen LogP contribution in [0.3, 0.4) is 0 Å². The Hall–Kier alpha value is -6.32. The summed E-state index contributed by atoms with van der Waals surface area (Å²) in [6.45, 7) is 9.68. The summed E-state index contributed by atoms with van der Waals surface area (Å²) in [4.78, 5) is 10.4.